The van der Waals surface area contributed by atoms with Gasteiger partial charge in [-0.25, -0.2) is 12.8 Å². The molecule has 0 unspecified atom stereocenters. The summed E-state index contributed by atoms with van der Waals surface area (Å²) < 4.78 is 40.9. The number of nitrogens with zero attached hydrogens (tertiary/aromatic N) is 1. The molecule has 1 aromatic carbocycles. The summed E-state index contributed by atoms with van der Waals surface area (Å²) in [6.07, 6.45) is 1.60. The van der Waals surface area contributed by atoms with Gasteiger partial charge >= 0.3 is 0 Å². The Labute approximate surface area is 132 Å². The molecule has 112 valence electrons. The minimum Gasteiger partial charge on any atom is -0.207 e. The van der Waals surface area contributed by atoms with Crippen molar-refractivity contribution in [3.05, 3.63) is 52.1 Å². The van der Waals surface area contributed by atoms with E-state index in [1.54, 1.807) is 23.6 Å². The van der Waals surface area contributed by atoms with Crippen LogP contribution >= 0.6 is 22.9 Å². The molecule has 1 aliphatic carbocycles. The average Bonchev–Trinajstić information content (AvgIpc) is 3.10. The van der Waals surface area contributed by atoms with Gasteiger partial charge < -0.3 is 0 Å². The van der Waals surface area contributed by atoms with Crippen LogP contribution in [0.2, 0.25) is 5.02 Å². The Balaban J connectivity index is 1.97. The minimum absolute atomic E-state index is 0.0313. The Morgan fingerprint density at radius 2 is 2.05 bits per heavy atom. The van der Waals surface area contributed by atoms with Gasteiger partial charge in [-0.2, -0.15) is 4.31 Å². The van der Waals surface area contributed by atoms with Crippen molar-refractivity contribution in [1.29, 1.82) is 0 Å². The molecule has 1 fully saturated rings. The highest BCUT2D eigenvalue weighted by atomic mass is 35.5. The molecule has 3 nitrogen and oxygen atoms in total. The summed E-state index contributed by atoms with van der Waals surface area (Å²) in [4.78, 5) is 0. The van der Waals surface area contributed by atoms with Gasteiger partial charge in [0.15, 0.2) is 0 Å². The smallest absolute Gasteiger partial charge is 0.207 e. The van der Waals surface area contributed by atoms with Crippen molar-refractivity contribution in [3.63, 3.8) is 0 Å². The predicted octanol–water partition coefficient (Wildman–Crippen LogP) is 3.89. The second kappa shape index (κ2) is 5.68. The van der Waals surface area contributed by atoms with E-state index in [-0.39, 0.29) is 27.4 Å². The first-order chi connectivity index (χ1) is 10.00. The van der Waals surface area contributed by atoms with Gasteiger partial charge in [0, 0.05) is 23.2 Å². The van der Waals surface area contributed by atoms with Crippen LogP contribution in [-0.4, -0.2) is 18.8 Å². The molecule has 1 saturated carbocycles. The molecule has 0 bridgehead atoms. The molecule has 1 heterocycles. The average molecular weight is 346 g/mol. The van der Waals surface area contributed by atoms with Crippen molar-refractivity contribution < 1.29 is 12.8 Å². The molecule has 3 rings (SSSR count). The van der Waals surface area contributed by atoms with Crippen LogP contribution in [-0.2, 0) is 16.6 Å². The maximum Gasteiger partial charge on any atom is 0.253 e. The minimum atomic E-state index is -3.60. The van der Waals surface area contributed by atoms with E-state index in [1.165, 1.54) is 27.8 Å². The van der Waals surface area contributed by atoms with Gasteiger partial charge in [0.2, 0.25) is 0 Å². The van der Waals surface area contributed by atoms with Crippen LogP contribution in [0.3, 0.4) is 0 Å². The highest BCUT2D eigenvalue weighted by Gasteiger charge is 2.39. The maximum absolute atomic E-state index is 13.9. The first-order valence-corrected chi connectivity index (χ1v) is 9.18. The summed E-state index contributed by atoms with van der Waals surface area (Å²) in [7, 11) is -3.60. The largest absolute Gasteiger partial charge is 0.253 e. The van der Waals surface area contributed by atoms with Gasteiger partial charge in [0.25, 0.3) is 10.0 Å². The molecule has 0 radical (unpaired) electrons. The zero-order valence-corrected chi connectivity index (χ0v) is 13.4. The molecule has 0 N–H and O–H groups in total. The number of thiophene rings is 1. The third-order valence-electron chi connectivity index (χ3n) is 3.39. The van der Waals surface area contributed by atoms with Crippen molar-refractivity contribution in [2.24, 2.45) is 0 Å². The lowest BCUT2D eigenvalue weighted by Gasteiger charge is -2.22. The zero-order chi connectivity index (χ0) is 15.0. The standard InChI is InChI=1S/C14H13ClFNO2S2/c15-12-3-1-4-13(16)11(12)9-17(10-6-7-10)21(18,19)14-5-2-8-20-14/h1-5,8,10H,6-7,9H2. The Kier molecular flexibility index (Phi) is 4.05. The van der Waals surface area contributed by atoms with E-state index < -0.39 is 15.8 Å². The third-order valence-corrected chi connectivity index (χ3v) is 7.01. The van der Waals surface area contributed by atoms with Gasteiger partial charge in [-0.05, 0) is 36.4 Å². The summed E-state index contributed by atoms with van der Waals surface area (Å²) in [6, 6.07) is 7.58. The molecule has 21 heavy (non-hydrogen) atoms. The van der Waals surface area contributed by atoms with E-state index in [0.717, 1.165) is 12.8 Å². The van der Waals surface area contributed by atoms with E-state index in [4.69, 9.17) is 11.6 Å². The number of sulfonamides is 1. The Hall–Kier alpha value is -0.950. The second-order valence-electron chi connectivity index (χ2n) is 4.91. The van der Waals surface area contributed by atoms with Crippen LogP contribution in [0.5, 0.6) is 0 Å². The number of hydrogen-bond donors (Lipinski definition) is 0. The highest BCUT2D eigenvalue weighted by Crippen LogP contribution is 2.36. The van der Waals surface area contributed by atoms with Crippen molar-refractivity contribution in [2.75, 3.05) is 0 Å². The van der Waals surface area contributed by atoms with Gasteiger partial charge in [0.1, 0.15) is 10.0 Å². The molecule has 0 saturated heterocycles. The molecular formula is C14H13ClFNO2S2. The quantitative estimate of drug-likeness (QED) is 0.824. The molecule has 0 amide bonds. The van der Waals surface area contributed by atoms with E-state index in [2.05, 4.69) is 0 Å². The monoisotopic (exact) mass is 345 g/mol. The van der Waals surface area contributed by atoms with E-state index in [9.17, 15) is 12.8 Å². The van der Waals surface area contributed by atoms with Crippen LogP contribution < -0.4 is 0 Å². The maximum atomic E-state index is 13.9. The number of halogens is 2. The zero-order valence-electron chi connectivity index (χ0n) is 11.0. The van der Waals surface area contributed by atoms with Crippen LogP contribution in [0.4, 0.5) is 4.39 Å². The second-order valence-corrected chi connectivity index (χ2v) is 8.39. The topological polar surface area (TPSA) is 37.4 Å². The van der Waals surface area contributed by atoms with Crippen molar-refractivity contribution >= 4 is 33.0 Å². The van der Waals surface area contributed by atoms with Crippen molar-refractivity contribution in [3.8, 4) is 0 Å². The van der Waals surface area contributed by atoms with Gasteiger partial charge in [-0.3, -0.25) is 0 Å². The molecule has 0 spiro atoms. The van der Waals surface area contributed by atoms with E-state index in [0.29, 0.717) is 0 Å². The summed E-state index contributed by atoms with van der Waals surface area (Å²) in [5, 5.41) is 1.97. The Morgan fingerprint density at radius 1 is 1.29 bits per heavy atom. The number of benzene rings is 1. The fraction of sp³-hybridized carbons (Fsp3) is 0.286. The SMILES string of the molecule is O=S(=O)(c1cccs1)N(Cc1c(F)cccc1Cl)C1CC1. The number of rotatable bonds is 5. The van der Waals surface area contributed by atoms with Crippen LogP contribution in [0, 0.1) is 5.82 Å². The lowest BCUT2D eigenvalue weighted by Crippen LogP contribution is -2.32. The normalized spacial score (nSPS) is 15.6. The molecule has 1 aliphatic rings. The van der Waals surface area contributed by atoms with E-state index >= 15 is 0 Å². The molecule has 2 aromatic rings. The van der Waals surface area contributed by atoms with Crippen molar-refractivity contribution in [1.82, 2.24) is 4.31 Å². The van der Waals surface area contributed by atoms with E-state index in [1.807, 2.05) is 0 Å². The molecule has 0 atom stereocenters. The summed E-state index contributed by atoms with van der Waals surface area (Å²) >= 11 is 7.18. The highest BCUT2D eigenvalue weighted by molar-refractivity contribution is 7.91. The fourth-order valence-electron chi connectivity index (χ4n) is 2.14. The lowest BCUT2D eigenvalue weighted by molar-refractivity contribution is 0.393. The molecule has 1 aromatic heterocycles. The first kappa shape index (κ1) is 15.0. The third kappa shape index (κ3) is 2.99. The number of hydrogen-bond acceptors (Lipinski definition) is 3. The van der Waals surface area contributed by atoms with Gasteiger partial charge in [0.05, 0.1) is 0 Å². The van der Waals surface area contributed by atoms with Crippen molar-refractivity contribution in [2.45, 2.75) is 29.6 Å². The Morgan fingerprint density at radius 3 is 2.62 bits per heavy atom. The summed E-state index contributed by atoms with van der Waals surface area (Å²) in [5.41, 5.74) is 0.228. The Bertz CT molecular complexity index is 722. The lowest BCUT2D eigenvalue weighted by atomic mass is 10.2. The van der Waals surface area contributed by atoms with Crippen LogP contribution in [0.1, 0.15) is 18.4 Å². The summed E-state index contributed by atoms with van der Waals surface area (Å²) in [6.45, 7) is -0.0313. The molecular weight excluding hydrogens is 333 g/mol. The van der Waals surface area contributed by atoms with Gasteiger partial charge in [-0.15, -0.1) is 11.3 Å². The van der Waals surface area contributed by atoms with Crippen LogP contribution in [0.25, 0.3) is 0 Å². The summed E-state index contributed by atoms with van der Waals surface area (Å²) in [5.74, 6) is -0.477. The van der Waals surface area contributed by atoms with Crippen LogP contribution in [0.15, 0.2) is 39.9 Å². The first-order valence-electron chi connectivity index (χ1n) is 6.48. The van der Waals surface area contributed by atoms with Gasteiger partial charge in [-0.1, -0.05) is 23.7 Å². The fourth-order valence-corrected chi connectivity index (χ4v) is 5.13. The molecule has 7 heteroatoms. The molecule has 0 aliphatic heterocycles. The predicted molar refractivity (Wildman–Crippen MR) is 81.5 cm³/mol.